The molecule has 0 aliphatic heterocycles. The van der Waals surface area contributed by atoms with Gasteiger partial charge in [-0.1, -0.05) is 20.3 Å². The fraction of sp³-hybridized carbons (Fsp3) is 0.800. The summed E-state index contributed by atoms with van der Waals surface area (Å²) in [6.07, 6.45) is 4.24. The number of nitrogens with one attached hydrogen (secondary N) is 3. The van der Waals surface area contributed by atoms with Crippen LogP contribution in [0.15, 0.2) is 0 Å². The van der Waals surface area contributed by atoms with Crippen molar-refractivity contribution in [3.63, 3.8) is 0 Å². The standard InChI is InChI=1S/C20H39N5O5S2/c1-4-12(2)16(25-17(26)13(22)11-31)19(28)23-14(8-10-32-3)18(27)24-15(20(29)30)7-5-6-9-21/h12-16,31H,4-11,21-22H2,1-3H3,(H,23,28)(H,24,27)(H,25,26)(H,29,30). The molecule has 0 radical (unpaired) electrons. The highest BCUT2D eigenvalue weighted by molar-refractivity contribution is 7.98. The molecule has 0 spiro atoms. The Morgan fingerprint density at radius 1 is 1.00 bits per heavy atom. The van der Waals surface area contributed by atoms with Crippen LogP contribution in [0, 0.1) is 5.92 Å². The number of hydrogen-bond acceptors (Lipinski definition) is 8. The van der Waals surface area contributed by atoms with Gasteiger partial charge in [0, 0.05) is 5.75 Å². The molecule has 0 aromatic rings. The molecule has 0 aliphatic carbocycles. The molecule has 0 rings (SSSR count). The molecule has 0 aromatic carbocycles. The predicted molar refractivity (Wildman–Crippen MR) is 131 cm³/mol. The van der Waals surface area contributed by atoms with Crippen molar-refractivity contribution in [1.29, 1.82) is 0 Å². The molecular weight excluding hydrogens is 454 g/mol. The van der Waals surface area contributed by atoms with Gasteiger partial charge in [-0.05, 0) is 50.2 Å². The Labute approximate surface area is 200 Å². The number of thioether (sulfide) groups is 1. The Morgan fingerprint density at radius 2 is 1.62 bits per heavy atom. The minimum absolute atomic E-state index is 0.125. The third kappa shape index (κ3) is 11.4. The van der Waals surface area contributed by atoms with Gasteiger partial charge in [-0.2, -0.15) is 24.4 Å². The van der Waals surface area contributed by atoms with E-state index < -0.39 is 47.9 Å². The lowest BCUT2D eigenvalue weighted by molar-refractivity contribution is -0.142. The number of carboxylic acid groups (broad SMARTS) is 1. The van der Waals surface area contributed by atoms with E-state index in [-0.39, 0.29) is 18.1 Å². The van der Waals surface area contributed by atoms with Crippen LogP contribution >= 0.6 is 24.4 Å². The lowest BCUT2D eigenvalue weighted by atomic mass is 9.97. The second-order valence-electron chi connectivity index (χ2n) is 7.69. The molecule has 12 heteroatoms. The summed E-state index contributed by atoms with van der Waals surface area (Å²) in [4.78, 5) is 49.6. The first-order valence-corrected chi connectivity index (χ1v) is 12.8. The molecule has 0 aliphatic rings. The van der Waals surface area contributed by atoms with Crippen LogP contribution in [-0.4, -0.2) is 77.3 Å². The number of unbranched alkanes of at least 4 members (excludes halogenated alkanes) is 1. The Kier molecular flexibility index (Phi) is 16.2. The zero-order chi connectivity index (χ0) is 24.7. The Bertz CT molecular complexity index is 611. The maximum absolute atomic E-state index is 13.0. The number of thiol groups is 1. The van der Waals surface area contributed by atoms with Crippen LogP contribution in [0.4, 0.5) is 0 Å². The first-order chi connectivity index (χ1) is 15.1. The summed E-state index contributed by atoms with van der Waals surface area (Å²) < 4.78 is 0. The summed E-state index contributed by atoms with van der Waals surface area (Å²) in [5.41, 5.74) is 11.2. The normalized spacial score (nSPS) is 15.7. The van der Waals surface area contributed by atoms with Gasteiger partial charge in [-0.15, -0.1) is 0 Å². The molecule has 186 valence electrons. The van der Waals surface area contributed by atoms with Gasteiger partial charge < -0.3 is 32.5 Å². The number of carbonyl (C=O) groups excluding carboxylic acids is 3. The topological polar surface area (TPSA) is 177 Å². The zero-order valence-corrected chi connectivity index (χ0v) is 20.8. The van der Waals surface area contributed by atoms with E-state index in [4.69, 9.17) is 11.5 Å². The van der Waals surface area contributed by atoms with Crippen molar-refractivity contribution < 1.29 is 24.3 Å². The van der Waals surface area contributed by atoms with Crippen molar-refractivity contribution in [2.45, 2.75) is 70.1 Å². The van der Waals surface area contributed by atoms with E-state index in [0.29, 0.717) is 38.0 Å². The van der Waals surface area contributed by atoms with Crippen molar-refractivity contribution in [2.24, 2.45) is 17.4 Å². The number of hydrogen-bond donors (Lipinski definition) is 7. The van der Waals surface area contributed by atoms with Crippen LogP contribution in [0.2, 0.25) is 0 Å². The van der Waals surface area contributed by atoms with E-state index in [0.717, 1.165) is 0 Å². The number of carbonyl (C=O) groups is 4. The summed E-state index contributed by atoms with van der Waals surface area (Å²) in [7, 11) is 0. The molecule has 0 saturated carbocycles. The fourth-order valence-corrected chi connectivity index (χ4v) is 3.47. The third-order valence-corrected chi connectivity index (χ3v) is 6.17. The highest BCUT2D eigenvalue weighted by atomic mass is 32.2. The SMILES string of the molecule is CCC(C)C(NC(=O)C(N)CS)C(=O)NC(CCSC)C(=O)NC(CCCCN)C(=O)O. The number of nitrogens with two attached hydrogens (primary N) is 2. The highest BCUT2D eigenvalue weighted by Gasteiger charge is 2.32. The van der Waals surface area contributed by atoms with Gasteiger partial charge in [0.05, 0.1) is 6.04 Å². The van der Waals surface area contributed by atoms with Crippen LogP contribution in [0.5, 0.6) is 0 Å². The quantitative estimate of drug-likeness (QED) is 0.107. The van der Waals surface area contributed by atoms with Gasteiger partial charge in [0.15, 0.2) is 0 Å². The third-order valence-electron chi connectivity index (χ3n) is 5.13. The molecule has 5 unspecified atom stereocenters. The van der Waals surface area contributed by atoms with E-state index in [1.807, 2.05) is 20.1 Å². The maximum atomic E-state index is 13.0. The van der Waals surface area contributed by atoms with Crippen molar-refractivity contribution >= 4 is 48.1 Å². The smallest absolute Gasteiger partial charge is 0.326 e. The summed E-state index contributed by atoms with van der Waals surface area (Å²) >= 11 is 5.50. The number of aliphatic carboxylic acids is 1. The summed E-state index contributed by atoms with van der Waals surface area (Å²) in [6.45, 7) is 4.13. The molecule has 0 aromatic heterocycles. The van der Waals surface area contributed by atoms with Crippen molar-refractivity contribution in [2.75, 3.05) is 24.3 Å². The van der Waals surface area contributed by atoms with E-state index in [1.165, 1.54) is 11.8 Å². The molecule has 8 N–H and O–H groups in total. The fourth-order valence-electron chi connectivity index (χ4n) is 2.83. The van der Waals surface area contributed by atoms with Crippen molar-refractivity contribution in [3.8, 4) is 0 Å². The van der Waals surface area contributed by atoms with Crippen molar-refractivity contribution in [3.05, 3.63) is 0 Å². The largest absolute Gasteiger partial charge is 0.480 e. The average Bonchev–Trinajstić information content (AvgIpc) is 2.77. The van der Waals surface area contributed by atoms with Gasteiger partial charge >= 0.3 is 5.97 Å². The second-order valence-corrected chi connectivity index (χ2v) is 9.04. The zero-order valence-electron chi connectivity index (χ0n) is 19.1. The van der Waals surface area contributed by atoms with E-state index in [1.54, 1.807) is 0 Å². The van der Waals surface area contributed by atoms with Gasteiger partial charge in [-0.25, -0.2) is 4.79 Å². The first kappa shape index (κ1) is 30.5. The van der Waals surface area contributed by atoms with Crippen LogP contribution in [0.25, 0.3) is 0 Å². The number of amides is 3. The molecule has 0 fully saturated rings. The number of rotatable bonds is 17. The molecule has 32 heavy (non-hydrogen) atoms. The van der Waals surface area contributed by atoms with Gasteiger partial charge in [-0.3, -0.25) is 14.4 Å². The average molecular weight is 494 g/mol. The molecule has 10 nitrogen and oxygen atoms in total. The highest BCUT2D eigenvalue weighted by Crippen LogP contribution is 2.11. The van der Waals surface area contributed by atoms with E-state index in [2.05, 4.69) is 28.6 Å². The van der Waals surface area contributed by atoms with Gasteiger partial charge in [0.1, 0.15) is 18.1 Å². The van der Waals surface area contributed by atoms with Crippen LogP contribution in [0.3, 0.4) is 0 Å². The number of carboxylic acids is 1. The van der Waals surface area contributed by atoms with Crippen molar-refractivity contribution in [1.82, 2.24) is 16.0 Å². The molecular formula is C20H39N5O5S2. The molecule has 3 amide bonds. The maximum Gasteiger partial charge on any atom is 0.326 e. The Hall–Kier alpha value is -1.50. The summed E-state index contributed by atoms with van der Waals surface area (Å²) in [5, 5.41) is 17.3. The molecule has 0 saturated heterocycles. The minimum Gasteiger partial charge on any atom is -0.480 e. The molecule has 0 bridgehead atoms. The Balaban J connectivity index is 5.40. The predicted octanol–water partition coefficient (Wildman–Crippen LogP) is -0.289. The lowest BCUT2D eigenvalue weighted by Gasteiger charge is -2.27. The van der Waals surface area contributed by atoms with Gasteiger partial charge in [0.2, 0.25) is 17.7 Å². The van der Waals surface area contributed by atoms with Crippen LogP contribution in [0.1, 0.15) is 46.0 Å². The molecule has 0 heterocycles. The Morgan fingerprint density at radius 3 is 2.12 bits per heavy atom. The minimum atomic E-state index is -1.14. The monoisotopic (exact) mass is 493 g/mol. The summed E-state index contributed by atoms with van der Waals surface area (Å²) in [5.74, 6) is -2.25. The lowest BCUT2D eigenvalue weighted by Crippen LogP contribution is -2.58. The first-order valence-electron chi connectivity index (χ1n) is 10.8. The second kappa shape index (κ2) is 17.0. The van der Waals surface area contributed by atoms with E-state index >= 15 is 0 Å². The van der Waals surface area contributed by atoms with Crippen LogP contribution < -0.4 is 27.4 Å². The van der Waals surface area contributed by atoms with Gasteiger partial charge in [0.25, 0.3) is 0 Å². The van der Waals surface area contributed by atoms with Crippen LogP contribution in [-0.2, 0) is 19.2 Å². The summed E-state index contributed by atoms with van der Waals surface area (Å²) in [6, 6.07) is -3.75. The molecule has 5 atom stereocenters. The van der Waals surface area contributed by atoms with E-state index in [9.17, 15) is 24.3 Å².